The van der Waals surface area contributed by atoms with Gasteiger partial charge in [-0.25, -0.2) is 0 Å². The molecular formula is C21H26ClN3O3. The highest BCUT2D eigenvalue weighted by Crippen LogP contribution is 2.29. The number of carbonyl (C=O) groups is 2. The molecule has 7 heteroatoms. The van der Waals surface area contributed by atoms with Crippen molar-refractivity contribution in [1.29, 1.82) is 0 Å². The first-order chi connectivity index (χ1) is 13.6. The number of amides is 2. The fraction of sp³-hybridized carbons (Fsp3) is 0.524. The SMILES string of the molecule is O=C(CN1CCN(C(=O)C2=Cc3cc(Cl)ccc3OC2)CC1)N1CCCCC1. The number of halogens is 1. The van der Waals surface area contributed by atoms with Gasteiger partial charge in [-0.3, -0.25) is 14.5 Å². The maximum Gasteiger partial charge on any atom is 0.253 e. The Hall–Kier alpha value is -2.05. The number of nitrogens with zero attached hydrogens (tertiary/aromatic N) is 3. The molecule has 6 nitrogen and oxygen atoms in total. The summed E-state index contributed by atoms with van der Waals surface area (Å²) in [5, 5.41) is 0.624. The van der Waals surface area contributed by atoms with Crippen molar-refractivity contribution >= 4 is 29.5 Å². The third kappa shape index (κ3) is 4.33. The van der Waals surface area contributed by atoms with Crippen LogP contribution in [-0.4, -0.2) is 78.9 Å². The molecule has 28 heavy (non-hydrogen) atoms. The lowest BCUT2D eigenvalue weighted by molar-refractivity contribution is -0.134. The molecule has 150 valence electrons. The molecule has 1 aromatic carbocycles. The fourth-order valence-electron chi connectivity index (χ4n) is 4.02. The summed E-state index contributed by atoms with van der Waals surface area (Å²) in [6.07, 6.45) is 5.32. The number of hydrogen-bond donors (Lipinski definition) is 0. The Kier molecular flexibility index (Phi) is 5.87. The smallest absolute Gasteiger partial charge is 0.253 e. The summed E-state index contributed by atoms with van der Waals surface area (Å²) in [4.78, 5) is 31.3. The van der Waals surface area contributed by atoms with Gasteiger partial charge in [0.15, 0.2) is 0 Å². The third-order valence-electron chi connectivity index (χ3n) is 5.69. The molecule has 2 fully saturated rings. The zero-order chi connectivity index (χ0) is 19.5. The van der Waals surface area contributed by atoms with E-state index in [-0.39, 0.29) is 18.4 Å². The van der Waals surface area contributed by atoms with Gasteiger partial charge in [-0.1, -0.05) is 11.6 Å². The van der Waals surface area contributed by atoms with E-state index >= 15 is 0 Å². The maximum absolute atomic E-state index is 12.9. The van der Waals surface area contributed by atoms with Crippen LogP contribution in [0.25, 0.3) is 6.08 Å². The third-order valence-corrected chi connectivity index (χ3v) is 5.92. The Morgan fingerprint density at radius 2 is 1.71 bits per heavy atom. The van der Waals surface area contributed by atoms with Crippen LogP contribution in [0.1, 0.15) is 24.8 Å². The summed E-state index contributed by atoms with van der Waals surface area (Å²) in [7, 11) is 0. The number of likely N-dealkylation sites (tertiary alicyclic amines) is 1. The van der Waals surface area contributed by atoms with Crippen molar-refractivity contribution in [1.82, 2.24) is 14.7 Å². The van der Waals surface area contributed by atoms with Crippen LogP contribution in [0.5, 0.6) is 5.75 Å². The van der Waals surface area contributed by atoms with Gasteiger partial charge in [-0.2, -0.15) is 0 Å². The van der Waals surface area contributed by atoms with E-state index in [1.54, 1.807) is 6.07 Å². The highest BCUT2D eigenvalue weighted by atomic mass is 35.5. The van der Waals surface area contributed by atoms with Crippen LogP contribution in [0.15, 0.2) is 23.8 Å². The predicted octanol–water partition coefficient (Wildman–Crippen LogP) is 2.27. The van der Waals surface area contributed by atoms with E-state index in [4.69, 9.17) is 16.3 Å². The number of fused-ring (bicyclic) bond motifs is 1. The first kappa shape index (κ1) is 19.3. The molecule has 0 saturated carbocycles. The summed E-state index contributed by atoms with van der Waals surface area (Å²) >= 11 is 6.05. The molecule has 0 spiro atoms. The van der Waals surface area contributed by atoms with Gasteiger partial charge in [-0.05, 0) is 43.5 Å². The number of carbonyl (C=O) groups excluding carboxylic acids is 2. The van der Waals surface area contributed by atoms with E-state index < -0.39 is 0 Å². The highest BCUT2D eigenvalue weighted by Gasteiger charge is 2.27. The van der Waals surface area contributed by atoms with E-state index in [0.29, 0.717) is 30.2 Å². The number of benzene rings is 1. The van der Waals surface area contributed by atoms with Gasteiger partial charge >= 0.3 is 0 Å². The molecule has 0 aromatic heterocycles. The Morgan fingerprint density at radius 1 is 0.964 bits per heavy atom. The van der Waals surface area contributed by atoms with E-state index in [1.807, 2.05) is 28.0 Å². The molecule has 2 saturated heterocycles. The molecule has 3 heterocycles. The predicted molar refractivity (Wildman–Crippen MR) is 108 cm³/mol. The van der Waals surface area contributed by atoms with Crippen LogP contribution >= 0.6 is 11.6 Å². The normalized spacial score (nSPS) is 20.2. The second kappa shape index (κ2) is 8.53. The fourth-order valence-corrected chi connectivity index (χ4v) is 4.20. The summed E-state index contributed by atoms with van der Waals surface area (Å²) in [5.74, 6) is 0.978. The lowest BCUT2D eigenvalue weighted by atomic mass is 10.1. The Morgan fingerprint density at radius 3 is 2.46 bits per heavy atom. The Balaban J connectivity index is 1.31. The summed E-state index contributed by atoms with van der Waals surface area (Å²) in [5.41, 5.74) is 1.49. The van der Waals surface area contributed by atoms with Gasteiger partial charge < -0.3 is 14.5 Å². The van der Waals surface area contributed by atoms with Crippen LogP contribution in [0.2, 0.25) is 5.02 Å². The van der Waals surface area contributed by atoms with Gasteiger partial charge in [0.25, 0.3) is 5.91 Å². The van der Waals surface area contributed by atoms with E-state index in [2.05, 4.69) is 4.90 Å². The van der Waals surface area contributed by atoms with E-state index in [9.17, 15) is 9.59 Å². The molecule has 1 aromatic rings. The second-order valence-corrected chi connectivity index (χ2v) is 8.09. The van der Waals surface area contributed by atoms with Crippen molar-refractivity contribution in [3.8, 4) is 5.75 Å². The van der Waals surface area contributed by atoms with E-state index in [0.717, 1.165) is 50.3 Å². The molecule has 0 bridgehead atoms. The molecule has 3 aliphatic heterocycles. The number of piperidine rings is 1. The largest absolute Gasteiger partial charge is 0.488 e. The van der Waals surface area contributed by atoms with Crippen LogP contribution in [0.3, 0.4) is 0 Å². The van der Waals surface area contributed by atoms with Gasteiger partial charge in [0.2, 0.25) is 5.91 Å². The highest BCUT2D eigenvalue weighted by molar-refractivity contribution is 6.30. The molecule has 2 amide bonds. The molecule has 0 N–H and O–H groups in total. The van der Waals surface area contributed by atoms with E-state index in [1.165, 1.54) is 6.42 Å². The maximum atomic E-state index is 12.9. The van der Waals surface area contributed by atoms with Crippen LogP contribution in [-0.2, 0) is 9.59 Å². The van der Waals surface area contributed by atoms with Crippen LogP contribution in [0, 0.1) is 0 Å². The molecular weight excluding hydrogens is 378 g/mol. The Labute approximate surface area is 170 Å². The average Bonchev–Trinajstić information content (AvgIpc) is 2.74. The zero-order valence-electron chi connectivity index (χ0n) is 16.0. The topological polar surface area (TPSA) is 53.1 Å². The standard InChI is InChI=1S/C21H26ClN3O3/c22-18-4-5-19-16(13-18)12-17(15-28-19)21(27)25-10-8-23(9-11-25)14-20(26)24-6-2-1-3-7-24/h4-5,12-13H,1-3,6-11,14-15H2. The van der Waals surface area contributed by atoms with Crippen molar-refractivity contribution in [2.24, 2.45) is 0 Å². The average molecular weight is 404 g/mol. The molecule has 4 rings (SSSR count). The Bertz CT molecular complexity index is 781. The number of piperazine rings is 1. The van der Waals surface area contributed by atoms with Crippen LogP contribution < -0.4 is 4.74 Å². The molecule has 0 unspecified atom stereocenters. The summed E-state index contributed by atoms with van der Waals surface area (Å²) < 4.78 is 5.71. The zero-order valence-corrected chi connectivity index (χ0v) is 16.8. The van der Waals surface area contributed by atoms with Gasteiger partial charge in [0, 0.05) is 49.9 Å². The number of rotatable bonds is 3. The van der Waals surface area contributed by atoms with Crippen molar-refractivity contribution in [3.05, 3.63) is 34.4 Å². The molecule has 3 aliphatic rings. The molecule has 0 radical (unpaired) electrons. The van der Waals surface area contributed by atoms with Crippen molar-refractivity contribution in [2.75, 3.05) is 52.4 Å². The quantitative estimate of drug-likeness (QED) is 0.777. The van der Waals surface area contributed by atoms with Crippen molar-refractivity contribution < 1.29 is 14.3 Å². The minimum atomic E-state index is 0.00707. The van der Waals surface area contributed by atoms with Crippen molar-refractivity contribution in [2.45, 2.75) is 19.3 Å². The summed E-state index contributed by atoms with van der Waals surface area (Å²) in [6.45, 7) is 5.22. The number of hydrogen-bond acceptors (Lipinski definition) is 4. The van der Waals surface area contributed by atoms with Crippen molar-refractivity contribution in [3.63, 3.8) is 0 Å². The molecule has 0 aliphatic carbocycles. The lowest BCUT2D eigenvalue weighted by Gasteiger charge is -2.36. The minimum Gasteiger partial charge on any atom is -0.488 e. The monoisotopic (exact) mass is 403 g/mol. The first-order valence-electron chi connectivity index (χ1n) is 10.0. The van der Waals surface area contributed by atoms with Crippen LogP contribution in [0.4, 0.5) is 0 Å². The lowest BCUT2D eigenvalue weighted by Crippen LogP contribution is -2.52. The van der Waals surface area contributed by atoms with Gasteiger partial charge in [0.05, 0.1) is 12.1 Å². The minimum absolute atomic E-state index is 0.00707. The van der Waals surface area contributed by atoms with Gasteiger partial charge in [0.1, 0.15) is 12.4 Å². The first-order valence-corrected chi connectivity index (χ1v) is 10.4. The van der Waals surface area contributed by atoms with Gasteiger partial charge in [-0.15, -0.1) is 0 Å². The second-order valence-electron chi connectivity index (χ2n) is 7.65. The summed E-state index contributed by atoms with van der Waals surface area (Å²) in [6, 6.07) is 5.42. The number of ether oxygens (including phenoxy) is 1. The molecule has 0 atom stereocenters.